The summed E-state index contributed by atoms with van der Waals surface area (Å²) in [6, 6.07) is 0. The van der Waals surface area contributed by atoms with E-state index in [0.29, 0.717) is 0 Å². The number of hydrazine groups is 1. The molecule has 0 atom stereocenters. The van der Waals surface area contributed by atoms with E-state index >= 15 is 0 Å². The van der Waals surface area contributed by atoms with Gasteiger partial charge in [-0.3, -0.25) is 10.4 Å². The predicted molar refractivity (Wildman–Crippen MR) is 41.9 cm³/mol. The molecule has 0 aliphatic heterocycles. The topological polar surface area (TPSA) is 110 Å². The number of nitrogens with one attached hydrogen (secondary N) is 2. The van der Waals surface area contributed by atoms with Crippen LogP contribution in [0, 0.1) is 0 Å². The van der Waals surface area contributed by atoms with Crippen LogP contribution in [0.15, 0.2) is 18.6 Å². The summed E-state index contributed by atoms with van der Waals surface area (Å²) >= 11 is 0. The van der Waals surface area contributed by atoms with Gasteiger partial charge in [0.2, 0.25) is 0 Å². The van der Waals surface area contributed by atoms with Crippen molar-refractivity contribution in [1.82, 2.24) is 14.8 Å². The minimum atomic E-state index is -3.75. The highest BCUT2D eigenvalue weighted by Gasteiger charge is 1.99. The van der Waals surface area contributed by atoms with Crippen molar-refractivity contribution < 1.29 is 8.42 Å². The Balaban J connectivity index is 2.56. The van der Waals surface area contributed by atoms with Crippen LogP contribution >= 0.6 is 0 Å². The van der Waals surface area contributed by atoms with Crippen molar-refractivity contribution in [2.24, 2.45) is 5.14 Å². The van der Waals surface area contributed by atoms with E-state index in [1.165, 1.54) is 18.6 Å². The normalized spacial score (nSPS) is 11.1. The van der Waals surface area contributed by atoms with Gasteiger partial charge in [-0.05, 0) is 0 Å². The standard InChI is InChI=1S/C4H7N5O2S/c5-12(10,11)9-8-4-3-6-1-2-7-4/h1-3,9H,(H,7,8)(H2,5,10,11). The minimum absolute atomic E-state index is 0.270. The first-order chi connectivity index (χ1) is 5.58. The maximum atomic E-state index is 10.4. The van der Waals surface area contributed by atoms with Crippen molar-refractivity contribution in [2.45, 2.75) is 0 Å². The molecule has 7 nitrogen and oxygen atoms in total. The summed E-state index contributed by atoms with van der Waals surface area (Å²) in [5.41, 5.74) is 2.25. The van der Waals surface area contributed by atoms with Crippen molar-refractivity contribution >= 4 is 16.0 Å². The molecule has 0 bridgehead atoms. The molecule has 0 aromatic carbocycles. The highest BCUT2D eigenvalue weighted by Crippen LogP contribution is 1.93. The molecule has 0 radical (unpaired) electrons. The summed E-state index contributed by atoms with van der Waals surface area (Å²) in [6.07, 6.45) is 4.22. The second kappa shape index (κ2) is 3.43. The van der Waals surface area contributed by atoms with Gasteiger partial charge in [0.25, 0.3) is 10.2 Å². The van der Waals surface area contributed by atoms with Gasteiger partial charge < -0.3 is 0 Å². The van der Waals surface area contributed by atoms with Crippen LogP contribution in [0.5, 0.6) is 0 Å². The largest absolute Gasteiger partial charge is 0.291 e. The molecule has 1 heterocycles. The van der Waals surface area contributed by atoms with E-state index in [9.17, 15) is 8.42 Å². The molecule has 0 saturated carbocycles. The summed E-state index contributed by atoms with van der Waals surface area (Å²) in [6.45, 7) is 0. The molecule has 66 valence electrons. The molecule has 0 fully saturated rings. The molecule has 4 N–H and O–H groups in total. The first-order valence-electron chi connectivity index (χ1n) is 2.89. The monoisotopic (exact) mass is 189 g/mol. The van der Waals surface area contributed by atoms with E-state index in [1.807, 2.05) is 4.83 Å². The molecule has 8 heteroatoms. The van der Waals surface area contributed by atoms with E-state index in [1.54, 1.807) is 0 Å². The number of hydrogen-bond donors (Lipinski definition) is 3. The minimum Gasteiger partial charge on any atom is -0.290 e. The molecular weight excluding hydrogens is 182 g/mol. The van der Waals surface area contributed by atoms with Crippen LogP contribution in [0.3, 0.4) is 0 Å². The van der Waals surface area contributed by atoms with Gasteiger partial charge in [0.1, 0.15) is 0 Å². The van der Waals surface area contributed by atoms with E-state index in [-0.39, 0.29) is 5.82 Å². The van der Waals surface area contributed by atoms with Crippen LogP contribution in [0.25, 0.3) is 0 Å². The third-order valence-corrected chi connectivity index (χ3v) is 1.27. The fourth-order valence-corrected chi connectivity index (χ4v) is 0.734. The second-order valence-corrected chi connectivity index (χ2v) is 3.16. The van der Waals surface area contributed by atoms with Gasteiger partial charge in [-0.15, -0.1) is 4.83 Å². The summed E-state index contributed by atoms with van der Waals surface area (Å²) in [5, 5.41) is 4.63. The zero-order valence-corrected chi connectivity index (χ0v) is 6.75. The Morgan fingerprint density at radius 1 is 1.42 bits per heavy atom. The highest BCUT2D eigenvalue weighted by atomic mass is 32.2. The second-order valence-electron chi connectivity index (χ2n) is 1.86. The van der Waals surface area contributed by atoms with Gasteiger partial charge in [-0.2, -0.15) is 8.42 Å². The Hall–Kier alpha value is -1.25. The van der Waals surface area contributed by atoms with Crippen molar-refractivity contribution in [1.29, 1.82) is 0 Å². The fraction of sp³-hybridized carbons (Fsp3) is 0. The quantitative estimate of drug-likeness (QED) is 0.506. The zero-order valence-electron chi connectivity index (χ0n) is 5.93. The molecule has 0 spiro atoms. The summed E-state index contributed by atoms with van der Waals surface area (Å²) in [5.74, 6) is 0.270. The van der Waals surface area contributed by atoms with E-state index in [0.717, 1.165) is 0 Å². The van der Waals surface area contributed by atoms with E-state index in [2.05, 4.69) is 20.5 Å². The average Bonchev–Trinajstić information content (AvgIpc) is 2.02. The smallest absolute Gasteiger partial charge is 0.290 e. The van der Waals surface area contributed by atoms with Crippen LogP contribution in [0.2, 0.25) is 0 Å². The lowest BCUT2D eigenvalue weighted by molar-refractivity contribution is 0.589. The lowest BCUT2D eigenvalue weighted by Gasteiger charge is -2.02. The number of nitrogens with zero attached hydrogens (tertiary/aromatic N) is 2. The van der Waals surface area contributed by atoms with Crippen molar-refractivity contribution in [3.8, 4) is 0 Å². The SMILES string of the molecule is NS(=O)(=O)NNc1cnccn1. The van der Waals surface area contributed by atoms with Crippen LogP contribution < -0.4 is 15.4 Å². The molecule has 0 aliphatic rings. The zero-order chi connectivity index (χ0) is 9.03. The third kappa shape index (κ3) is 3.23. The maximum Gasteiger partial charge on any atom is 0.291 e. The molecule has 1 aromatic rings. The number of hydrogen-bond acceptors (Lipinski definition) is 5. The number of aromatic nitrogens is 2. The lowest BCUT2D eigenvalue weighted by atomic mass is 10.7. The average molecular weight is 189 g/mol. The fourth-order valence-electron chi connectivity index (χ4n) is 0.487. The molecule has 1 rings (SSSR count). The molecule has 0 saturated heterocycles. The predicted octanol–water partition coefficient (Wildman–Crippen LogP) is -1.40. The third-order valence-electron chi connectivity index (χ3n) is 0.885. The first kappa shape index (κ1) is 8.84. The Morgan fingerprint density at radius 3 is 2.67 bits per heavy atom. The van der Waals surface area contributed by atoms with Gasteiger partial charge in [0.05, 0.1) is 6.20 Å². The van der Waals surface area contributed by atoms with Crippen LogP contribution in [-0.2, 0) is 10.2 Å². The van der Waals surface area contributed by atoms with Crippen molar-refractivity contribution in [2.75, 3.05) is 5.43 Å². The van der Waals surface area contributed by atoms with Gasteiger partial charge in [0.15, 0.2) is 5.82 Å². The molecule has 12 heavy (non-hydrogen) atoms. The number of rotatable bonds is 3. The van der Waals surface area contributed by atoms with E-state index < -0.39 is 10.2 Å². The molecule has 0 amide bonds. The van der Waals surface area contributed by atoms with Crippen LogP contribution in [0.4, 0.5) is 5.82 Å². The van der Waals surface area contributed by atoms with Gasteiger partial charge in [0, 0.05) is 12.4 Å². The Morgan fingerprint density at radius 2 is 2.17 bits per heavy atom. The Bertz CT molecular complexity index is 336. The number of nitrogens with two attached hydrogens (primary N) is 1. The lowest BCUT2D eigenvalue weighted by Crippen LogP contribution is -2.35. The summed E-state index contributed by atoms with van der Waals surface area (Å²) in [7, 11) is -3.75. The Labute approximate surface area is 69.2 Å². The van der Waals surface area contributed by atoms with Gasteiger partial charge in [-0.25, -0.2) is 10.1 Å². The van der Waals surface area contributed by atoms with E-state index in [4.69, 9.17) is 0 Å². The molecule has 0 aliphatic carbocycles. The highest BCUT2D eigenvalue weighted by molar-refractivity contribution is 7.87. The Kier molecular flexibility index (Phi) is 2.53. The molecule has 1 aromatic heterocycles. The van der Waals surface area contributed by atoms with Gasteiger partial charge in [-0.1, -0.05) is 0 Å². The van der Waals surface area contributed by atoms with Crippen LogP contribution in [-0.4, -0.2) is 18.4 Å². The summed E-state index contributed by atoms with van der Waals surface area (Å²) < 4.78 is 20.7. The van der Waals surface area contributed by atoms with Crippen LogP contribution in [0.1, 0.15) is 0 Å². The van der Waals surface area contributed by atoms with Crippen molar-refractivity contribution in [3.05, 3.63) is 18.6 Å². The number of anilines is 1. The molecule has 0 unspecified atom stereocenters. The summed E-state index contributed by atoms with van der Waals surface area (Å²) in [4.78, 5) is 9.25. The van der Waals surface area contributed by atoms with Gasteiger partial charge >= 0.3 is 0 Å². The molecular formula is C4H7N5O2S. The van der Waals surface area contributed by atoms with Crippen molar-refractivity contribution in [3.63, 3.8) is 0 Å². The first-order valence-corrected chi connectivity index (χ1v) is 4.44. The maximum absolute atomic E-state index is 10.4.